The maximum absolute atomic E-state index is 6.73. The Bertz CT molecular complexity index is 373. The molecule has 202 valence electrons. The highest BCUT2D eigenvalue weighted by Gasteiger charge is 2.45. The zero-order chi connectivity index (χ0) is 19.2. The summed E-state index contributed by atoms with van der Waals surface area (Å²) in [5.74, 6) is 0.612. The van der Waals surface area contributed by atoms with Gasteiger partial charge in [0.25, 0.3) is 0 Å². The molecule has 0 amide bonds. The Labute approximate surface area is 207 Å². The minimum Gasteiger partial charge on any atom is -0.437 e. The van der Waals surface area contributed by atoms with Gasteiger partial charge in [-0.2, -0.15) is 0 Å². The van der Waals surface area contributed by atoms with E-state index in [-0.39, 0.29) is 52.0 Å². The lowest BCUT2D eigenvalue weighted by molar-refractivity contribution is 0.313. The van der Waals surface area contributed by atoms with E-state index in [9.17, 15) is 0 Å². The smallest absolute Gasteiger partial charge is 0.316 e. The quantitative estimate of drug-likeness (QED) is 0.205. The molecular weight excluding hydrogens is 451 g/mol. The second kappa shape index (κ2) is 21.3. The molecule has 0 saturated carbocycles. The fraction of sp³-hybridized carbons (Fsp3) is 1.00. The van der Waals surface area contributed by atoms with E-state index in [1.165, 1.54) is 12.8 Å². The van der Waals surface area contributed by atoms with Gasteiger partial charge in [0.2, 0.25) is 0 Å². The van der Waals surface area contributed by atoms with Crippen molar-refractivity contribution in [3.05, 3.63) is 0 Å². The SMILES string of the molecule is C.C.C.C.C.C.C.CC(CCCCN)C[Si](C)(O[Si](C)(C)C)O[Si](C)(C)O[Si](C)(C)C. The Balaban J connectivity index is -0.000000126. The van der Waals surface area contributed by atoms with E-state index in [2.05, 4.69) is 65.8 Å². The summed E-state index contributed by atoms with van der Waals surface area (Å²) < 4.78 is 19.8. The van der Waals surface area contributed by atoms with E-state index < -0.39 is 33.8 Å². The molecule has 0 spiro atoms. The normalized spacial score (nSPS) is 13.6. The molecule has 2 unspecified atom stereocenters. The van der Waals surface area contributed by atoms with Crippen LogP contribution in [0.1, 0.15) is 78.2 Å². The lowest BCUT2D eigenvalue weighted by Crippen LogP contribution is -2.57. The highest BCUT2D eigenvalue weighted by Crippen LogP contribution is 2.30. The second-order valence-electron chi connectivity index (χ2n) is 9.66. The molecule has 0 aliphatic rings. The van der Waals surface area contributed by atoms with Gasteiger partial charge in [0.15, 0.2) is 16.6 Å². The third kappa shape index (κ3) is 30.7. The third-order valence-corrected chi connectivity index (χ3v) is 17.1. The van der Waals surface area contributed by atoms with Gasteiger partial charge in [-0.25, -0.2) is 0 Å². The molecule has 0 radical (unpaired) electrons. The molecule has 8 heteroatoms. The molecule has 0 aliphatic heterocycles. The van der Waals surface area contributed by atoms with Crippen LogP contribution in [0.2, 0.25) is 65.0 Å². The van der Waals surface area contributed by atoms with E-state index in [1.807, 2.05) is 0 Å². The van der Waals surface area contributed by atoms with Crippen LogP contribution < -0.4 is 5.73 Å². The van der Waals surface area contributed by atoms with Gasteiger partial charge in [0.1, 0.15) is 0 Å². The molecule has 0 heterocycles. The zero-order valence-electron chi connectivity index (χ0n) is 17.9. The topological polar surface area (TPSA) is 53.7 Å². The van der Waals surface area contributed by atoms with Crippen molar-refractivity contribution in [3.63, 3.8) is 0 Å². The minimum absolute atomic E-state index is 0. The van der Waals surface area contributed by atoms with E-state index in [4.69, 9.17) is 18.1 Å². The molecule has 0 aromatic rings. The van der Waals surface area contributed by atoms with Crippen molar-refractivity contribution in [2.24, 2.45) is 11.7 Å². The van der Waals surface area contributed by atoms with Gasteiger partial charge in [-0.3, -0.25) is 0 Å². The lowest BCUT2D eigenvalue weighted by atomic mass is 10.1. The molecule has 0 aromatic carbocycles. The largest absolute Gasteiger partial charge is 0.437 e. The van der Waals surface area contributed by atoms with Gasteiger partial charge >= 0.3 is 17.1 Å². The van der Waals surface area contributed by atoms with Crippen molar-refractivity contribution < 1.29 is 12.3 Å². The van der Waals surface area contributed by atoms with Crippen molar-refractivity contribution in [2.75, 3.05) is 6.54 Å². The number of nitrogens with two attached hydrogens (primary N) is 1. The first kappa shape index (κ1) is 53.2. The van der Waals surface area contributed by atoms with Gasteiger partial charge < -0.3 is 18.1 Å². The van der Waals surface area contributed by atoms with E-state index in [0.717, 1.165) is 19.0 Å². The minimum atomic E-state index is -2.25. The fourth-order valence-corrected chi connectivity index (χ4v) is 21.9. The Morgan fingerprint density at radius 1 is 0.613 bits per heavy atom. The van der Waals surface area contributed by atoms with Gasteiger partial charge in [-0.15, -0.1) is 0 Å². The van der Waals surface area contributed by atoms with Gasteiger partial charge in [-0.1, -0.05) is 71.8 Å². The fourth-order valence-electron chi connectivity index (χ4n) is 3.40. The molecular formula is C23H71NO3Si4. The van der Waals surface area contributed by atoms with Crippen LogP contribution in [0, 0.1) is 5.92 Å². The van der Waals surface area contributed by atoms with E-state index in [0.29, 0.717) is 5.92 Å². The van der Waals surface area contributed by atoms with E-state index in [1.54, 1.807) is 0 Å². The van der Waals surface area contributed by atoms with Crippen LogP contribution in [0.3, 0.4) is 0 Å². The second-order valence-corrected chi connectivity index (χ2v) is 26.0. The van der Waals surface area contributed by atoms with Crippen LogP contribution in [0.5, 0.6) is 0 Å². The van der Waals surface area contributed by atoms with Crippen molar-refractivity contribution in [2.45, 2.75) is 143 Å². The van der Waals surface area contributed by atoms with Gasteiger partial charge in [0.05, 0.1) is 0 Å². The molecule has 2 atom stereocenters. The highest BCUT2D eigenvalue weighted by atomic mass is 28.5. The summed E-state index contributed by atoms with van der Waals surface area (Å²) >= 11 is 0. The molecule has 0 aliphatic carbocycles. The molecule has 0 bridgehead atoms. The monoisotopic (exact) mass is 521 g/mol. The molecule has 0 rings (SSSR count). The molecule has 0 aromatic heterocycles. The third-order valence-electron chi connectivity index (χ3n) is 3.41. The Morgan fingerprint density at radius 3 is 1.32 bits per heavy atom. The summed E-state index contributed by atoms with van der Waals surface area (Å²) in [4.78, 5) is 0. The maximum Gasteiger partial charge on any atom is 0.316 e. The summed E-state index contributed by atoms with van der Waals surface area (Å²) in [6, 6.07) is 1.05. The average Bonchev–Trinajstić information content (AvgIpc) is 2.20. The number of hydrogen-bond donors (Lipinski definition) is 1. The summed E-state index contributed by atoms with van der Waals surface area (Å²) in [6.45, 7) is 23.2. The molecule has 0 saturated heterocycles. The summed E-state index contributed by atoms with van der Waals surface area (Å²) in [6.07, 6.45) is 3.51. The maximum atomic E-state index is 6.73. The average molecular weight is 522 g/mol. The lowest BCUT2D eigenvalue weighted by Gasteiger charge is -2.42. The van der Waals surface area contributed by atoms with Crippen LogP contribution in [-0.2, 0) is 12.3 Å². The van der Waals surface area contributed by atoms with Crippen LogP contribution in [0.15, 0.2) is 0 Å². The van der Waals surface area contributed by atoms with Crippen molar-refractivity contribution in [1.29, 1.82) is 0 Å². The Hall–Kier alpha value is 0.708. The first-order chi connectivity index (χ1) is 10.6. The van der Waals surface area contributed by atoms with Gasteiger partial charge in [0, 0.05) is 0 Å². The number of hydrogen-bond acceptors (Lipinski definition) is 4. The van der Waals surface area contributed by atoms with Crippen LogP contribution in [-0.4, -0.2) is 40.3 Å². The standard InChI is InChI=1S/C16H43NO3Si4.7CH4/c1-16(13-11-12-14-17)15-24(10,19-22(5,6)7)20-23(8,9)18-21(2,3)4;;;;;;;/h16H,11-15,17H2,1-10H3;7*1H4. The Morgan fingerprint density at radius 2 is 1.00 bits per heavy atom. The first-order valence-electron chi connectivity index (χ1n) is 9.38. The van der Waals surface area contributed by atoms with Gasteiger partial charge in [-0.05, 0) is 83.9 Å². The van der Waals surface area contributed by atoms with E-state index >= 15 is 0 Å². The predicted molar refractivity (Wildman–Crippen MR) is 163 cm³/mol. The van der Waals surface area contributed by atoms with Crippen LogP contribution in [0.25, 0.3) is 0 Å². The summed E-state index contributed by atoms with van der Waals surface area (Å²) in [5, 5.41) is 0. The zero-order valence-corrected chi connectivity index (χ0v) is 21.9. The van der Waals surface area contributed by atoms with Crippen molar-refractivity contribution >= 4 is 33.8 Å². The van der Waals surface area contributed by atoms with Crippen molar-refractivity contribution in [3.8, 4) is 0 Å². The number of rotatable bonds is 12. The molecule has 0 fully saturated rings. The summed E-state index contributed by atoms with van der Waals surface area (Å²) in [5.41, 5.74) is 5.62. The van der Waals surface area contributed by atoms with Crippen LogP contribution >= 0.6 is 0 Å². The summed E-state index contributed by atoms with van der Waals surface area (Å²) in [7, 11) is -7.71. The molecule has 31 heavy (non-hydrogen) atoms. The number of unbranched alkanes of at least 4 members (excludes halogenated alkanes) is 1. The predicted octanol–water partition coefficient (Wildman–Crippen LogP) is 9.70. The molecule has 4 nitrogen and oxygen atoms in total. The van der Waals surface area contributed by atoms with Crippen LogP contribution in [0.4, 0.5) is 0 Å². The highest BCUT2D eigenvalue weighted by molar-refractivity contribution is 6.89. The Kier molecular flexibility index (Phi) is 36.5. The van der Waals surface area contributed by atoms with Crippen molar-refractivity contribution in [1.82, 2.24) is 0 Å². The molecule has 2 N–H and O–H groups in total. The first-order valence-corrected chi connectivity index (χ1v) is 21.5.